The molecule has 1 unspecified atom stereocenters. The van der Waals surface area contributed by atoms with E-state index in [0.717, 1.165) is 6.08 Å². The van der Waals surface area contributed by atoms with Crippen LogP contribution in [0.2, 0.25) is 0 Å². The Bertz CT molecular complexity index is 444. The number of carboxylic acid groups (broad SMARTS) is 2. The quantitative estimate of drug-likeness (QED) is 0.461. The monoisotopic (exact) mass is 273 g/mol. The molecule has 0 aromatic rings. The van der Waals surface area contributed by atoms with Crippen molar-refractivity contribution in [1.82, 2.24) is 4.90 Å². The first-order valence-corrected chi connectivity index (χ1v) is 5.65. The van der Waals surface area contributed by atoms with Crippen LogP contribution in [0.15, 0.2) is 11.6 Å². The Balaban J connectivity index is 3.04. The molecule has 0 spiro atoms. The van der Waals surface area contributed by atoms with Gasteiger partial charge in [0.05, 0.1) is 12.0 Å². The van der Waals surface area contributed by atoms with Gasteiger partial charge in [-0.15, -0.1) is 0 Å². The van der Waals surface area contributed by atoms with E-state index >= 15 is 0 Å². The largest absolute Gasteiger partial charge is 0.480 e. The molecule has 1 atom stereocenters. The Morgan fingerprint density at radius 1 is 1.39 bits per heavy atom. The highest BCUT2D eigenvalue weighted by molar-refractivity contribution is 7.80. The summed E-state index contributed by atoms with van der Waals surface area (Å²) >= 11 is 3.86. The summed E-state index contributed by atoms with van der Waals surface area (Å²) in [5.41, 5.74) is -0.337. The van der Waals surface area contributed by atoms with Crippen molar-refractivity contribution >= 4 is 36.4 Å². The highest BCUT2D eigenvalue weighted by atomic mass is 32.1. The molecule has 1 aliphatic rings. The third-order valence-corrected chi connectivity index (χ3v) is 2.68. The number of hydrogen-bond donors (Lipinski definition) is 3. The SMILES string of the molecule is O=C(O)C1=CC(=O)N(C(CCS)C(=O)O)C(=O)C1. The molecule has 0 saturated heterocycles. The number of carbonyl (C=O) groups is 4. The van der Waals surface area contributed by atoms with E-state index in [1.54, 1.807) is 0 Å². The summed E-state index contributed by atoms with van der Waals surface area (Å²) in [7, 11) is 0. The summed E-state index contributed by atoms with van der Waals surface area (Å²) in [6.45, 7) is 0. The molecule has 1 aliphatic heterocycles. The normalized spacial score (nSPS) is 17.4. The second kappa shape index (κ2) is 5.67. The Kier molecular flexibility index (Phi) is 4.49. The van der Waals surface area contributed by atoms with Crippen LogP contribution in [0.3, 0.4) is 0 Å². The first-order valence-electron chi connectivity index (χ1n) is 5.02. The van der Waals surface area contributed by atoms with Crippen LogP contribution in [0, 0.1) is 0 Å². The zero-order valence-corrected chi connectivity index (χ0v) is 10.1. The minimum absolute atomic E-state index is 0.00612. The highest BCUT2D eigenvalue weighted by Crippen LogP contribution is 2.18. The van der Waals surface area contributed by atoms with E-state index in [1.807, 2.05) is 0 Å². The highest BCUT2D eigenvalue weighted by Gasteiger charge is 2.37. The molecule has 1 rings (SSSR count). The number of carbonyl (C=O) groups excluding carboxylic acids is 2. The molecule has 0 bridgehead atoms. The number of thiol groups is 1. The lowest BCUT2D eigenvalue weighted by molar-refractivity contribution is -0.157. The molecule has 2 N–H and O–H groups in total. The number of carboxylic acids is 2. The third kappa shape index (κ3) is 2.89. The molecule has 1 heterocycles. The predicted octanol–water partition coefficient (Wildman–Crippen LogP) is -0.471. The fraction of sp³-hybridized carbons (Fsp3) is 0.400. The zero-order chi connectivity index (χ0) is 13.9. The molecule has 7 nitrogen and oxygen atoms in total. The standard InChI is InChI=1S/C10H11NO6S/c12-7-3-5(9(14)15)4-8(13)11(7)6(1-2-18)10(16)17/h3,6,18H,1-2,4H2,(H,14,15)(H,16,17). The van der Waals surface area contributed by atoms with Crippen molar-refractivity contribution in [1.29, 1.82) is 0 Å². The van der Waals surface area contributed by atoms with Crippen LogP contribution < -0.4 is 0 Å². The summed E-state index contributed by atoms with van der Waals surface area (Å²) in [5.74, 6) is -4.24. The topological polar surface area (TPSA) is 112 Å². The van der Waals surface area contributed by atoms with Crippen molar-refractivity contribution in [3.05, 3.63) is 11.6 Å². The summed E-state index contributed by atoms with van der Waals surface area (Å²) in [6, 6.07) is -1.31. The Morgan fingerprint density at radius 3 is 2.39 bits per heavy atom. The van der Waals surface area contributed by atoms with E-state index in [4.69, 9.17) is 10.2 Å². The van der Waals surface area contributed by atoms with Crippen LogP contribution >= 0.6 is 12.6 Å². The summed E-state index contributed by atoms with van der Waals surface area (Å²) in [5, 5.41) is 17.6. The van der Waals surface area contributed by atoms with Crippen molar-refractivity contribution < 1.29 is 29.4 Å². The molecule has 0 aromatic heterocycles. The second-order valence-electron chi connectivity index (χ2n) is 3.62. The number of hydrogen-bond acceptors (Lipinski definition) is 5. The smallest absolute Gasteiger partial charge is 0.332 e. The van der Waals surface area contributed by atoms with Gasteiger partial charge in [0, 0.05) is 6.08 Å². The van der Waals surface area contributed by atoms with E-state index in [-0.39, 0.29) is 17.7 Å². The van der Waals surface area contributed by atoms with Crippen molar-refractivity contribution in [3.8, 4) is 0 Å². The summed E-state index contributed by atoms with van der Waals surface area (Å²) in [4.78, 5) is 45.5. The minimum Gasteiger partial charge on any atom is -0.480 e. The molecule has 0 aliphatic carbocycles. The average molecular weight is 273 g/mol. The van der Waals surface area contributed by atoms with E-state index in [1.165, 1.54) is 0 Å². The molecular formula is C10H11NO6S. The van der Waals surface area contributed by atoms with Crippen molar-refractivity contribution in [2.75, 3.05) is 5.75 Å². The van der Waals surface area contributed by atoms with Crippen molar-refractivity contribution in [3.63, 3.8) is 0 Å². The Labute approximate surface area is 107 Å². The van der Waals surface area contributed by atoms with Gasteiger partial charge in [-0.3, -0.25) is 14.5 Å². The molecule has 98 valence electrons. The predicted molar refractivity (Wildman–Crippen MR) is 62.1 cm³/mol. The van der Waals surface area contributed by atoms with E-state index in [9.17, 15) is 19.2 Å². The van der Waals surface area contributed by atoms with E-state index < -0.39 is 36.2 Å². The van der Waals surface area contributed by atoms with Gasteiger partial charge in [-0.2, -0.15) is 12.6 Å². The second-order valence-corrected chi connectivity index (χ2v) is 4.07. The van der Waals surface area contributed by atoms with Gasteiger partial charge in [0.15, 0.2) is 0 Å². The average Bonchev–Trinajstić information content (AvgIpc) is 2.26. The molecule has 0 fully saturated rings. The van der Waals surface area contributed by atoms with Crippen molar-refractivity contribution in [2.45, 2.75) is 18.9 Å². The lowest BCUT2D eigenvalue weighted by atomic mass is 10.0. The van der Waals surface area contributed by atoms with Gasteiger partial charge in [-0.25, -0.2) is 9.59 Å². The summed E-state index contributed by atoms with van der Waals surface area (Å²) in [6.07, 6.45) is 0.293. The van der Waals surface area contributed by atoms with Crippen LogP contribution in [0.5, 0.6) is 0 Å². The first kappa shape index (κ1) is 14.2. The fourth-order valence-electron chi connectivity index (χ4n) is 1.59. The lowest BCUT2D eigenvalue weighted by Crippen LogP contribution is -2.50. The van der Waals surface area contributed by atoms with Gasteiger partial charge >= 0.3 is 11.9 Å². The molecule has 0 radical (unpaired) electrons. The molecule has 0 saturated carbocycles. The van der Waals surface area contributed by atoms with Crippen LogP contribution in [-0.2, 0) is 19.2 Å². The maximum absolute atomic E-state index is 11.7. The molecule has 8 heteroatoms. The van der Waals surface area contributed by atoms with Gasteiger partial charge in [0.25, 0.3) is 5.91 Å². The van der Waals surface area contributed by atoms with Crippen LogP contribution in [-0.4, -0.2) is 50.7 Å². The van der Waals surface area contributed by atoms with Gasteiger partial charge in [0.2, 0.25) is 5.91 Å². The molecule has 2 amide bonds. The van der Waals surface area contributed by atoms with Gasteiger partial charge in [-0.05, 0) is 12.2 Å². The molecule has 0 aromatic carbocycles. The first-order chi connectivity index (χ1) is 8.38. The van der Waals surface area contributed by atoms with Gasteiger partial charge < -0.3 is 10.2 Å². The number of aliphatic carboxylic acids is 2. The lowest BCUT2D eigenvalue weighted by Gasteiger charge is -2.28. The Morgan fingerprint density at radius 2 is 2.00 bits per heavy atom. The van der Waals surface area contributed by atoms with Crippen LogP contribution in [0.25, 0.3) is 0 Å². The summed E-state index contributed by atoms with van der Waals surface area (Å²) < 4.78 is 0. The zero-order valence-electron chi connectivity index (χ0n) is 9.20. The number of amides is 2. The number of nitrogens with zero attached hydrogens (tertiary/aromatic N) is 1. The van der Waals surface area contributed by atoms with Gasteiger partial charge in [-0.1, -0.05) is 0 Å². The minimum atomic E-state index is -1.36. The Hall–Kier alpha value is -1.83. The molecule has 18 heavy (non-hydrogen) atoms. The van der Waals surface area contributed by atoms with E-state index in [2.05, 4.69) is 12.6 Å². The number of imide groups is 1. The van der Waals surface area contributed by atoms with Crippen molar-refractivity contribution in [2.24, 2.45) is 0 Å². The number of rotatable bonds is 5. The van der Waals surface area contributed by atoms with E-state index in [0.29, 0.717) is 4.90 Å². The van der Waals surface area contributed by atoms with Crippen LogP contribution in [0.4, 0.5) is 0 Å². The van der Waals surface area contributed by atoms with Gasteiger partial charge in [0.1, 0.15) is 6.04 Å². The maximum atomic E-state index is 11.7. The molecular weight excluding hydrogens is 262 g/mol. The maximum Gasteiger partial charge on any atom is 0.332 e. The fourth-order valence-corrected chi connectivity index (χ4v) is 1.84. The third-order valence-electron chi connectivity index (χ3n) is 2.42. The van der Waals surface area contributed by atoms with Crippen LogP contribution in [0.1, 0.15) is 12.8 Å².